The minimum Gasteiger partial charge on any atom is -0.488 e. The summed E-state index contributed by atoms with van der Waals surface area (Å²) < 4.78 is 83.2. The summed E-state index contributed by atoms with van der Waals surface area (Å²) in [5, 5.41) is 0. The quantitative estimate of drug-likeness (QED) is 0.0710. The first-order valence-corrected chi connectivity index (χ1v) is 9.85. The minimum atomic E-state index is -1.45. The van der Waals surface area contributed by atoms with Crippen molar-refractivity contribution in [3.63, 3.8) is 0 Å². The van der Waals surface area contributed by atoms with Gasteiger partial charge in [0, 0.05) is 37.1 Å². The van der Waals surface area contributed by atoms with Crippen molar-refractivity contribution in [1.29, 1.82) is 0 Å². The molecule has 11 heteroatoms. The van der Waals surface area contributed by atoms with Crippen LogP contribution in [0.4, 0.5) is 26.3 Å². The zero-order chi connectivity index (χ0) is 27.1. The molecule has 4 nitrogen and oxygen atoms in total. The van der Waals surface area contributed by atoms with Crippen LogP contribution in [0.5, 0.6) is 11.5 Å². The molecule has 0 aliphatic rings. The fourth-order valence-electron chi connectivity index (χ4n) is 2.02. The van der Waals surface area contributed by atoms with Crippen molar-refractivity contribution in [3.8, 4) is 11.5 Å². The van der Waals surface area contributed by atoms with E-state index in [1.807, 2.05) is 60.7 Å². The Morgan fingerprint density at radius 2 is 0.919 bits per heavy atom. The second kappa shape index (κ2) is 17.7. The van der Waals surface area contributed by atoms with Gasteiger partial charge in [-0.15, -0.1) is 12.1 Å². The predicted octanol–water partition coefficient (Wildman–Crippen LogP) is 6.47. The van der Waals surface area contributed by atoms with E-state index in [4.69, 9.17) is 0 Å². The van der Waals surface area contributed by atoms with Crippen LogP contribution >= 0.6 is 0 Å². The van der Waals surface area contributed by atoms with Gasteiger partial charge in [-0.2, -0.15) is 36.4 Å². The van der Waals surface area contributed by atoms with Gasteiger partial charge in [0.2, 0.25) is 0 Å². The van der Waals surface area contributed by atoms with E-state index in [1.54, 1.807) is 0 Å². The van der Waals surface area contributed by atoms with Gasteiger partial charge in [0.1, 0.15) is 0 Å². The Kier molecular flexibility index (Phi) is 16.0. The van der Waals surface area contributed by atoms with Gasteiger partial charge in [-0.1, -0.05) is 12.1 Å². The number of esters is 2. The van der Waals surface area contributed by atoms with Gasteiger partial charge in [-0.3, -0.25) is 18.4 Å². The maximum atomic E-state index is 12.7. The molecule has 192 valence electrons. The van der Waals surface area contributed by atoms with Crippen molar-refractivity contribution >= 4 is 11.9 Å². The molecular weight excluding hydrogens is 538 g/mol. The molecule has 0 spiro atoms. The average Bonchev–Trinajstić information content (AvgIpc) is 3.55. The molecule has 0 unspecified atom stereocenters. The van der Waals surface area contributed by atoms with Crippen LogP contribution in [0, 0.1) is 47.0 Å². The molecule has 0 saturated carbocycles. The van der Waals surface area contributed by atoms with E-state index >= 15 is 0 Å². The molecule has 37 heavy (non-hydrogen) atoms. The minimum absolute atomic E-state index is 0. The largest absolute Gasteiger partial charge is 4.00 e. The van der Waals surface area contributed by atoms with Gasteiger partial charge >= 0.3 is 21.7 Å². The molecule has 0 saturated heterocycles. The first-order valence-electron chi connectivity index (χ1n) is 9.85. The zero-order valence-corrected chi connectivity index (χ0v) is 20.9. The Morgan fingerprint density at radius 3 is 1.14 bits per heavy atom. The third-order valence-electron chi connectivity index (χ3n) is 3.43. The van der Waals surface area contributed by atoms with E-state index in [1.165, 1.54) is 12.1 Å². The van der Waals surface area contributed by atoms with E-state index in [0.717, 1.165) is 13.8 Å². The second-order valence-electron chi connectivity index (χ2n) is 6.33. The van der Waals surface area contributed by atoms with Gasteiger partial charge in [0.05, 0.1) is 23.1 Å². The molecule has 0 bridgehead atoms. The SMILES string of the molecule is CC(=O)Oc1cc(F)c(F)[c-]c1F.CC(=O)Oc1cc(F)c(F)[c-]c1F.[Ti+4].c1cc[cH-]c1.c1cc[cH-]c1. The van der Waals surface area contributed by atoms with Crippen LogP contribution in [0.1, 0.15) is 13.8 Å². The molecule has 0 heterocycles. The predicted molar refractivity (Wildman–Crippen MR) is 117 cm³/mol. The normalized spacial score (nSPS) is 9.08. The number of rotatable bonds is 2. The number of benzene rings is 2. The van der Waals surface area contributed by atoms with E-state index in [-0.39, 0.29) is 21.7 Å². The number of ether oxygens (including phenoxy) is 2. The van der Waals surface area contributed by atoms with Gasteiger partial charge in [0.15, 0.2) is 0 Å². The van der Waals surface area contributed by atoms with E-state index in [0.29, 0.717) is 12.1 Å². The topological polar surface area (TPSA) is 52.6 Å². The zero-order valence-electron chi connectivity index (χ0n) is 19.3. The first kappa shape index (κ1) is 33.4. The summed E-state index contributed by atoms with van der Waals surface area (Å²) in [4.78, 5) is 20.7. The maximum absolute atomic E-state index is 12.7. The fourth-order valence-corrected chi connectivity index (χ4v) is 2.02. The number of halogens is 6. The number of carbonyl (C=O) groups is 2. The molecule has 0 radical (unpaired) electrons. The van der Waals surface area contributed by atoms with Crippen LogP contribution in [0.15, 0.2) is 72.8 Å². The molecule has 0 fully saturated rings. The van der Waals surface area contributed by atoms with Crippen LogP contribution in [-0.2, 0) is 31.3 Å². The average molecular weight is 556 g/mol. The van der Waals surface area contributed by atoms with Crippen LogP contribution in [0.3, 0.4) is 0 Å². The van der Waals surface area contributed by atoms with E-state index < -0.39 is 58.3 Å². The number of carbonyl (C=O) groups excluding carboxylic acids is 2. The van der Waals surface area contributed by atoms with Gasteiger partial charge in [0.25, 0.3) is 11.9 Å². The summed E-state index contributed by atoms with van der Waals surface area (Å²) in [6.45, 7) is 2.03. The first-order chi connectivity index (χ1) is 17.0. The molecule has 0 aromatic heterocycles. The Labute approximate surface area is 224 Å². The molecule has 4 aromatic carbocycles. The van der Waals surface area contributed by atoms with Gasteiger partial charge < -0.3 is 9.47 Å². The molecule has 0 atom stereocenters. The van der Waals surface area contributed by atoms with Crippen molar-refractivity contribution in [3.05, 3.63) is 120 Å². The number of hydrogen-bond donors (Lipinski definition) is 0. The Bertz CT molecular complexity index is 1080. The number of hydrogen-bond acceptors (Lipinski definition) is 4. The van der Waals surface area contributed by atoms with E-state index in [2.05, 4.69) is 9.47 Å². The monoisotopic (exact) mass is 556 g/mol. The van der Waals surface area contributed by atoms with Crippen molar-refractivity contribution in [2.75, 3.05) is 0 Å². The van der Waals surface area contributed by atoms with Crippen molar-refractivity contribution < 1.29 is 67.1 Å². The molecule has 0 amide bonds. The summed E-state index contributed by atoms with van der Waals surface area (Å²) in [6, 6.07) is 23.7. The molecule has 0 aliphatic carbocycles. The van der Waals surface area contributed by atoms with Crippen LogP contribution < -0.4 is 9.47 Å². The van der Waals surface area contributed by atoms with Crippen LogP contribution in [0.2, 0.25) is 0 Å². The van der Waals surface area contributed by atoms with E-state index in [9.17, 15) is 35.9 Å². The van der Waals surface area contributed by atoms with Gasteiger partial charge in [-0.05, 0) is 0 Å². The summed E-state index contributed by atoms with van der Waals surface area (Å²) in [5.74, 6) is -11.0. The van der Waals surface area contributed by atoms with Crippen LogP contribution in [0.25, 0.3) is 0 Å². The molecule has 4 rings (SSSR count). The third kappa shape index (κ3) is 13.9. The van der Waals surface area contributed by atoms with Crippen molar-refractivity contribution in [1.82, 2.24) is 0 Å². The Morgan fingerprint density at radius 1 is 0.622 bits per heavy atom. The second-order valence-corrected chi connectivity index (χ2v) is 6.33. The maximum Gasteiger partial charge on any atom is 4.00 e. The third-order valence-corrected chi connectivity index (χ3v) is 3.43. The van der Waals surface area contributed by atoms with Crippen molar-refractivity contribution in [2.45, 2.75) is 13.8 Å². The van der Waals surface area contributed by atoms with Crippen molar-refractivity contribution in [2.24, 2.45) is 0 Å². The molecule has 0 aliphatic heterocycles. The van der Waals surface area contributed by atoms with Gasteiger partial charge in [-0.25, -0.2) is 41.8 Å². The summed E-state index contributed by atoms with van der Waals surface area (Å²) in [6.07, 6.45) is 0. The Balaban J connectivity index is 0.000000502. The molecule has 0 N–H and O–H groups in total. The fraction of sp³-hybridized carbons (Fsp3) is 0.0769. The summed E-state index contributed by atoms with van der Waals surface area (Å²) in [7, 11) is 0. The summed E-state index contributed by atoms with van der Waals surface area (Å²) in [5.41, 5.74) is 0. The summed E-state index contributed by atoms with van der Waals surface area (Å²) >= 11 is 0. The Hall–Kier alpha value is -3.63. The standard InChI is InChI=1S/2C8H4F3O2.2C5H5.Ti/c2*1-4(12)13-8-3-6(10)5(9)2-7(8)11;2*1-2-4-5-3-1;/h2*3H,1H3;2*1-5H;/q4*-1;+4. The molecular formula is C26H18F6O4Ti. The van der Waals surface area contributed by atoms with Crippen LogP contribution in [-0.4, -0.2) is 11.9 Å². The smallest absolute Gasteiger partial charge is 0.488 e. The molecule has 4 aromatic rings.